The van der Waals surface area contributed by atoms with Gasteiger partial charge >= 0.3 is 0 Å². The summed E-state index contributed by atoms with van der Waals surface area (Å²) in [5.74, 6) is 1.04. The van der Waals surface area contributed by atoms with Crippen LogP contribution in [0.4, 0.5) is 0 Å². The fourth-order valence-corrected chi connectivity index (χ4v) is 3.24. The van der Waals surface area contributed by atoms with Crippen LogP contribution in [-0.4, -0.2) is 13.7 Å². The standard InChI is InChI=1S/C14H20BrNO/c1-3-10-7-11(15)8-12(13(10)17-2)14(9-16)5-4-6-14/h7-8H,3-6,9,16H2,1-2H3. The average Bonchev–Trinajstić information content (AvgIpc) is 2.27. The van der Waals surface area contributed by atoms with Crippen molar-refractivity contribution in [1.82, 2.24) is 0 Å². The Morgan fingerprint density at radius 3 is 2.53 bits per heavy atom. The number of benzene rings is 1. The van der Waals surface area contributed by atoms with Crippen molar-refractivity contribution >= 4 is 15.9 Å². The molecule has 1 aromatic rings. The maximum atomic E-state index is 6.00. The third-order valence-corrected chi connectivity index (χ3v) is 4.45. The molecule has 2 N–H and O–H groups in total. The molecule has 0 aliphatic heterocycles. The molecule has 1 aliphatic carbocycles. The molecular weight excluding hydrogens is 278 g/mol. The fraction of sp³-hybridized carbons (Fsp3) is 0.571. The van der Waals surface area contributed by atoms with Gasteiger partial charge in [0.1, 0.15) is 5.75 Å². The maximum Gasteiger partial charge on any atom is 0.125 e. The molecule has 1 fully saturated rings. The zero-order valence-corrected chi connectivity index (χ0v) is 12.1. The van der Waals surface area contributed by atoms with Gasteiger partial charge in [-0.15, -0.1) is 0 Å². The van der Waals surface area contributed by atoms with Crippen molar-refractivity contribution in [2.75, 3.05) is 13.7 Å². The highest BCUT2D eigenvalue weighted by Gasteiger charge is 2.40. The topological polar surface area (TPSA) is 35.2 Å². The number of rotatable bonds is 4. The molecule has 1 aromatic carbocycles. The van der Waals surface area contributed by atoms with Gasteiger partial charge < -0.3 is 10.5 Å². The first-order valence-electron chi connectivity index (χ1n) is 6.24. The van der Waals surface area contributed by atoms with Crippen molar-refractivity contribution in [3.8, 4) is 5.75 Å². The second kappa shape index (κ2) is 4.99. The summed E-state index contributed by atoms with van der Waals surface area (Å²) < 4.78 is 6.76. The van der Waals surface area contributed by atoms with E-state index in [1.807, 2.05) is 0 Å². The van der Waals surface area contributed by atoms with E-state index in [0.29, 0.717) is 6.54 Å². The largest absolute Gasteiger partial charge is 0.496 e. The first-order valence-corrected chi connectivity index (χ1v) is 7.03. The minimum atomic E-state index is 0.152. The van der Waals surface area contributed by atoms with Crippen LogP contribution in [0.15, 0.2) is 16.6 Å². The summed E-state index contributed by atoms with van der Waals surface area (Å²) in [6.07, 6.45) is 4.61. The predicted molar refractivity (Wildman–Crippen MR) is 74.7 cm³/mol. The SMILES string of the molecule is CCc1cc(Br)cc(C2(CN)CCC2)c1OC. The molecule has 94 valence electrons. The van der Waals surface area contributed by atoms with E-state index in [9.17, 15) is 0 Å². The molecule has 1 aliphatic rings. The van der Waals surface area contributed by atoms with E-state index in [2.05, 4.69) is 35.0 Å². The molecule has 0 amide bonds. The van der Waals surface area contributed by atoms with Crippen molar-refractivity contribution in [3.05, 3.63) is 27.7 Å². The second-order valence-corrected chi connectivity index (χ2v) is 5.75. The van der Waals surface area contributed by atoms with Crippen molar-refractivity contribution in [2.45, 2.75) is 38.0 Å². The molecule has 2 rings (SSSR count). The number of hydrogen-bond donors (Lipinski definition) is 1. The molecule has 3 heteroatoms. The van der Waals surface area contributed by atoms with Crippen molar-refractivity contribution in [3.63, 3.8) is 0 Å². The van der Waals surface area contributed by atoms with Crippen LogP contribution in [0.5, 0.6) is 5.75 Å². The van der Waals surface area contributed by atoms with Gasteiger partial charge in [0.2, 0.25) is 0 Å². The minimum Gasteiger partial charge on any atom is -0.496 e. The van der Waals surface area contributed by atoms with Gasteiger partial charge in [-0.3, -0.25) is 0 Å². The summed E-state index contributed by atoms with van der Waals surface area (Å²) in [6, 6.07) is 4.33. The van der Waals surface area contributed by atoms with Gasteiger partial charge in [-0.05, 0) is 37.0 Å². The van der Waals surface area contributed by atoms with E-state index in [-0.39, 0.29) is 5.41 Å². The van der Waals surface area contributed by atoms with Crippen molar-refractivity contribution < 1.29 is 4.74 Å². The zero-order chi connectivity index (χ0) is 12.5. The third-order valence-electron chi connectivity index (χ3n) is 3.99. The van der Waals surface area contributed by atoms with E-state index in [0.717, 1.165) is 16.6 Å². The Kier molecular flexibility index (Phi) is 3.79. The van der Waals surface area contributed by atoms with Crippen LogP contribution in [0.3, 0.4) is 0 Å². The van der Waals surface area contributed by atoms with Crippen LogP contribution in [-0.2, 0) is 11.8 Å². The highest BCUT2D eigenvalue weighted by molar-refractivity contribution is 9.10. The molecule has 0 spiro atoms. The van der Waals surface area contributed by atoms with Crippen LogP contribution in [0.2, 0.25) is 0 Å². The zero-order valence-electron chi connectivity index (χ0n) is 10.6. The first kappa shape index (κ1) is 12.9. The molecule has 0 aromatic heterocycles. The molecule has 0 atom stereocenters. The van der Waals surface area contributed by atoms with Gasteiger partial charge in [-0.2, -0.15) is 0 Å². The van der Waals surface area contributed by atoms with Crippen molar-refractivity contribution in [1.29, 1.82) is 0 Å². The molecular formula is C14H20BrNO. The Hall–Kier alpha value is -0.540. The second-order valence-electron chi connectivity index (χ2n) is 4.84. The smallest absolute Gasteiger partial charge is 0.125 e. The Balaban J connectivity index is 2.55. The maximum absolute atomic E-state index is 6.00. The van der Waals surface area contributed by atoms with E-state index in [4.69, 9.17) is 10.5 Å². The molecule has 2 nitrogen and oxygen atoms in total. The van der Waals surface area contributed by atoms with Gasteiger partial charge in [0.15, 0.2) is 0 Å². The van der Waals surface area contributed by atoms with Crippen LogP contribution in [0.25, 0.3) is 0 Å². The third kappa shape index (κ3) is 2.11. The lowest BCUT2D eigenvalue weighted by Gasteiger charge is -2.42. The molecule has 1 saturated carbocycles. The van der Waals surface area contributed by atoms with Crippen LogP contribution < -0.4 is 10.5 Å². The van der Waals surface area contributed by atoms with Gasteiger partial charge in [-0.25, -0.2) is 0 Å². The Labute approximate surface area is 112 Å². The summed E-state index contributed by atoms with van der Waals surface area (Å²) in [4.78, 5) is 0. The van der Waals surface area contributed by atoms with E-state index >= 15 is 0 Å². The summed E-state index contributed by atoms with van der Waals surface area (Å²) in [5, 5.41) is 0. The van der Waals surface area contributed by atoms with Crippen LogP contribution in [0, 0.1) is 0 Å². The molecule has 0 bridgehead atoms. The van der Waals surface area contributed by atoms with Gasteiger partial charge in [-0.1, -0.05) is 29.3 Å². The minimum absolute atomic E-state index is 0.152. The predicted octanol–water partition coefficient (Wildman–Crippen LogP) is 3.40. The molecule has 0 saturated heterocycles. The van der Waals surface area contributed by atoms with E-state index in [1.165, 1.54) is 30.4 Å². The lowest BCUT2D eigenvalue weighted by molar-refractivity contribution is 0.243. The first-order chi connectivity index (χ1) is 8.16. The summed E-state index contributed by atoms with van der Waals surface area (Å²) in [6.45, 7) is 2.87. The van der Waals surface area contributed by atoms with Gasteiger partial charge in [0.25, 0.3) is 0 Å². The Morgan fingerprint density at radius 1 is 1.41 bits per heavy atom. The number of ether oxygens (including phenoxy) is 1. The number of methoxy groups -OCH3 is 1. The van der Waals surface area contributed by atoms with E-state index < -0.39 is 0 Å². The quantitative estimate of drug-likeness (QED) is 0.924. The number of hydrogen-bond acceptors (Lipinski definition) is 2. The molecule has 0 radical (unpaired) electrons. The van der Waals surface area contributed by atoms with Crippen LogP contribution in [0.1, 0.15) is 37.3 Å². The van der Waals surface area contributed by atoms with Gasteiger partial charge in [0.05, 0.1) is 7.11 Å². The highest BCUT2D eigenvalue weighted by Crippen LogP contribution is 2.48. The normalized spacial score (nSPS) is 17.6. The Bertz CT molecular complexity index is 407. The summed E-state index contributed by atoms with van der Waals surface area (Å²) in [7, 11) is 1.76. The fourth-order valence-electron chi connectivity index (χ4n) is 2.73. The highest BCUT2D eigenvalue weighted by atomic mass is 79.9. The van der Waals surface area contributed by atoms with Crippen LogP contribution >= 0.6 is 15.9 Å². The lowest BCUT2D eigenvalue weighted by atomic mass is 9.64. The number of halogens is 1. The number of nitrogens with two attached hydrogens (primary N) is 1. The number of aryl methyl sites for hydroxylation is 1. The van der Waals surface area contributed by atoms with Gasteiger partial charge in [0, 0.05) is 22.0 Å². The molecule has 17 heavy (non-hydrogen) atoms. The molecule has 0 heterocycles. The average molecular weight is 298 g/mol. The lowest BCUT2D eigenvalue weighted by Crippen LogP contribution is -2.41. The summed E-state index contributed by atoms with van der Waals surface area (Å²) >= 11 is 3.60. The van der Waals surface area contributed by atoms with E-state index in [1.54, 1.807) is 7.11 Å². The monoisotopic (exact) mass is 297 g/mol. The summed E-state index contributed by atoms with van der Waals surface area (Å²) in [5.41, 5.74) is 8.70. The van der Waals surface area contributed by atoms with Crippen molar-refractivity contribution in [2.24, 2.45) is 5.73 Å². The Morgan fingerprint density at radius 2 is 2.12 bits per heavy atom. The molecule has 0 unspecified atom stereocenters.